The number of nitrogens with one attached hydrogen (secondary N) is 1. The van der Waals surface area contributed by atoms with Crippen LogP contribution in [0, 0.1) is 0 Å². The van der Waals surface area contributed by atoms with E-state index in [9.17, 15) is 17.4 Å². The van der Waals surface area contributed by atoms with Crippen molar-refractivity contribution < 1.29 is 17.4 Å². The van der Waals surface area contributed by atoms with Crippen LogP contribution in [0.5, 0.6) is 0 Å². The van der Waals surface area contributed by atoms with Gasteiger partial charge < -0.3 is 5.32 Å². The van der Waals surface area contributed by atoms with E-state index < -0.39 is 22.5 Å². The Morgan fingerprint density at radius 2 is 1.63 bits per heavy atom. The Kier molecular flexibility index (Phi) is 2.63. The number of hydrogen-bond donors (Lipinski definition) is 1. The number of para-hydroxylation sites is 1. The van der Waals surface area contributed by atoms with Gasteiger partial charge in [-0.15, -0.1) is 0 Å². The first-order chi connectivity index (χ1) is 8.97. The van der Waals surface area contributed by atoms with E-state index in [1.54, 1.807) is 24.3 Å². The Labute approximate surface area is 109 Å². The molecule has 0 saturated carbocycles. The fraction of sp³-hybridized carbons (Fsp3) is 0.0769. The SMILES string of the molecule is O=[S@@]1c2ccccc2Nc2cc(C(F)(F)F)ccc21. The van der Waals surface area contributed by atoms with Gasteiger partial charge in [-0.05, 0) is 30.3 Å². The minimum Gasteiger partial charge on any atom is -0.354 e. The molecule has 19 heavy (non-hydrogen) atoms. The highest BCUT2D eigenvalue weighted by molar-refractivity contribution is 7.85. The highest BCUT2D eigenvalue weighted by Crippen LogP contribution is 2.39. The first-order valence-corrected chi connectivity index (χ1v) is 6.61. The van der Waals surface area contributed by atoms with E-state index in [0.717, 1.165) is 12.1 Å². The van der Waals surface area contributed by atoms with Crippen molar-refractivity contribution in [2.45, 2.75) is 16.0 Å². The van der Waals surface area contributed by atoms with E-state index in [0.29, 0.717) is 15.5 Å². The summed E-state index contributed by atoms with van der Waals surface area (Å²) in [5.74, 6) is 0. The molecule has 0 aromatic heterocycles. The van der Waals surface area contributed by atoms with Crippen LogP contribution in [0.3, 0.4) is 0 Å². The molecule has 1 N–H and O–H groups in total. The summed E-state index contributed by atoms with van der Waals surface area (Å²) >= 11 is 0. The van der Waals surface area contributed by atoms with Gasteiger partial charge in [-0.2, -0.15) is 13.2 Å². The van der Waals surface area contributed by atoms with Crippen LogP contribution in [0.25, 0.3) is 0 Å². The molecule has 2 aromatic carbocycles. The lowest BCUT2D eigenvalue weighted by Crippen LogP contribution is -2.11. The molecule has 0 fully saturated rings. The van der Waals surface area contributed by atoms with Gasteiger partial charge in [0.15, 0.2) is 0 Å². The third-order valence-corrected chi connectivity index (χ3v) is 4.37. The molecular formula is C13H8F3NOS. The number of alkyl halides is 3. The van der Waals surface area contributed by atoms with Gasteiger partial charge in [0.2, 0.25) is 0 Å². The summed E-state index contributed by atoms with van der Waals surface area (Å²) < 4.78 is 50.2. The topological polar surface area (TPSA) is 29.1 Å². The molecule has 3 rings (SSSR count). The van der Waals surface area contributed by atoms with E-state index in [1.807, 2.05) is 0 Å². The number of benzene rings is 2. The third-order valence-electron chi connectivity index (χ3n) is 2.86. The summed E-state index contributed by atoms with van der Waals surface area (Å²) in [6.07, 6.45) is -4.41. The quantitative estimate of drug-likeness (QED) is 0.677. The molecule has 98 valence electrons. The summed E-state index contributed by atoms with van der Waals surface area (Å²) in [7, 11) is -1.45. The van der Waals surface area contributed by atoms with E-state index >= 15 is 0 Å². The summed E-state index contributed by atoms with van der Waals surface area (Å²) in [4.78, 5) is 0.946. The number of halogens is 3. The second kappa shape index (κ2) is 4.09. The first-order valence-electron chi connectivity index (χ1n) is 5.46. The minimum atomic E-state index is -4.41. The van der Waals surface area contributed by atoms with Crippen LogP contribution < -0.4 is 5.32 Å². The molecule has 0 aliphatic carbocycles. The zero-order chi connectivity index (χ0) is 13.6. The lowest BCUT2D eigenvalue weighted by atomic mass is 10.2. The molecule has 1 atom stereocenters. The molecule has 0 bridgehead atoms. The smallest absolute Gasteiger partial charge is 0.354 e. The maximum atomic E-state index is 12.6. The molecule has 1 heterocycles. The molecule has 2 aromatic rings. The highest BCUT2D eigenvalue weighted by Gasteiger charge is 2.32. The van der Waals surface area contributed by atoms with Crippen molar-refractivity contribution in [2.24, 2.45) is 0 Å². The second-order valence-electron chi connectivity index (χ2n) is 4.10. The van der Waals surface area contributed by atoms with Gasteiger partial charge in [-0.25, -0.2) is 4.21 Å². The van der Waals surface area contributed by atoms with Crippen LogP contribution >= 0.6 is 0 Å². The Balaban J connectivity index is 2.13. The van der Waals surface area contributed by atoms with E-state index in [1.165, 1.54) is 6.07 Å². The summed E-state index contributed by atoms with van der Waals surface area (Å²) in [5.41, 5.74) is 0.0645. The molecule has 1 aliphatic heterocycles. The molecule has 0 radical (unpaired) electrons. The molecule has 2 nitrogen and oxygen atoms in total. The monoisotopic (exact) mass is 283 g/mol. The van der Waals surface area contributed by atoms with Gasteiger partial charge in [-0.3, -0.25) is 0 Å². The van der Waals surface area contributed by atoms with E-state index in [4.69, 9.17) is 0 Å². The lowest BCUT2D eigenvalue weighted by Gasteiger charge is -2.21. The Bertz CT molecular complexity index is 682. The van der Waals surface area contributed by atoms with Gasteiger partial charge in [0.1, 0.15) is 0 Å². The van der Waals surface area contributed by atoms with Crippen LogP contribution in [-0.2, 0) is 17.0 Å². The molecule has 6 heteroatoms. The van der Waals surface area contributed by atoms with Gasteiger partial charge >= 0.3 is 6.18 Å². The number of fused-ring (bicyclic) bond motifs is 2. The van der Waals surface area contributed by atoms with Crippen LogP contribution in [0.2, 0.25) is 0 Å². The third kappa shape index (κ3) is 2.02. The average molecular weight is 283 g/mol. The van der Waals surface area contributed by atoms with E-state index in [2.05, 4.69) is 5.32 Å². The fourth-order valence-electron chi connectivity index (χ4n) is 1.96. The predicted molar refractivity (Wildman–Crippen MR) is 65.8 cm³/mol. The van der Waals surface area contributed by atoms with Crippen molar-refractivity contribution in [1.82, 2.24) is 0 Å². The Morgan fingerprint density at radius 1 is 0.947 bits per heavy atom. The second-order valence-corrected chi connectivity index (χ2v) is 5.52. The van der Waals surface area contributed by atoms with Crippen LogP contribution in [0.15, 0.2) is 52.3 Å². The van der Waals surface area contributed by atoms with Gasteiger partial charge in [0.25, 0.3) is 0 Å². The summed E-state index contributed by atoms with van der Waals surface area (Å²) in [6.45, 7) is 0. The zero-order valence-corrected chi connectivity index (χ0v) is 10.3. The number of hydrogen-bond acceptors (Lipinski definition) is 2. The minimum absolute atomic E-state index is 0.242. The fourth-order valence-corrected chi connectivity index (χ4v) is 3.22. The van der Waals surface area contributed by atoms with Crippen LogP contribution in [0.4, 0.5) is 24.5 Å². The Morgan fingerprint density at radius 3 is 2.37 bits per heavy atom. The molecule has 0 spiro atoms. The number of rotatable bonds is 0. The first kappa shape index (κ1) is 12.2. The van der Waals surface area contributed by atoms with Gasteiger partial charge in [-0.1, -0.05) is 12.1 Å². The van der Waals surface area contributed by atoms with Crippen molar-refractivity contribution in [2.75, 3.05) is 5.32 Å². The van der Waals surface area contributed by atoms with Crippen molar-refractivity contribution in [3.8, 4) is 0 Å². The van der Waals surface area contributed by atoms with Gasteiger partial charge in [0.05, 0.1) is 37.5 Å². The standard InChI is InChI=1S/C13H8F3NOS/c14-13(15,16)8-5-6-12-10(7-8)17-9-3-1-2-4-11(9)19(12)18/h1-7,17H/t19-/m1/s1. The van der Waals surface area contributed by atoms with E-state index in [-0.39, 0.29) is 5.69 Å². The molecular weight excluding hydrogens is 275 g/mol. The van der Waals surface area contributed by atoms with Crippen molar-refractivity contribution in [1.29, 1.82) is 0 Å². The normalized spacial score (nSPS) is 17.3. The molecule has 0 saturated heterocycles. The summed E-state index contributed by atoms with van der Waals surface area (Å²) in [6, 6.07) is 10.1. The van der Waals surface area contributed by atoms with Crippen LogP contribution in [-0.4, -0.2) is 4.21 Å². The number of anilines is 2. The maximum Gasteiger partial charge on any atom is 0.416 e. The zero-order valence-electron chi connectivity index (χ0n) is 9.49. The summed E-state index contributed by atoms with van der Waals surface area (Å²) in [5, 5.41) is 2.89. The van der Waals surface area contributed by atoms with Crippen molar-refractivity contribution in [3.63, 3.8) is 0 Å². The van der Waals surface area contributed by atoms with Crippen molar-refractivity contribution in [3.05, 3.63) is 48.0 Å². The lowest BCUT2D eigenvalue weighted by molar-refractivity contribution is -0.137. The molecule has 1 aliphatic rings. The van der Waals surface area contributed by atoms with Crippen molar-refractivity contribution >= 4 is 22.2 Å². The van der Waals surface area contributed by atoms with Crippen LogP contribution in [0.1, 0.15) is 5.56 Å². The predicted octanol–water partition coefficient (Wildman–Crippen LogP) is 3.93. The highest BCUT2D eigenvalue weighted by atomic mass is 32.2. The Hall–Kier alpha value is -1.82. The average Bonchev–Trinajstić information content (AvgIpc) is 2.37. The largest absolute Gasteiger partial charge is 0.416 e. The maximum absolute atomic E-state index is 12.6. The van der Waals surface area contributed by atoms with Gasteiger partial charge in [0, 0.05) is 0 Å². The molecule has 0 amide bonds. The molecule has 0 unspecified atom stereocenters.